The first-order chi connectivity index (χ1) is 16.6. The number of benzene rings is 2. The van der Waals surface area contributed by atoms with E-state index in [2.05, 4.69) is 9.97 Å². The summed E-state index contributed by atoms with van der Waals surface area (Å²) in [6, 6.07) is 14.3. The van der Waals surface area contributed by atoms with Crippen LogP contribution in [0.1, 0.15) is 29.8 Å². The summed E-state index contributed by atoms with van der Waals surface area (Å²) in [6.45, 7) is 6.28. The van der Waals surface area contributed by atoms with E-state index >= 15 is 0 Å². The van der Waals surface area contributed by atoms with Gasteiger partial charge in [0.25, 0.3) is 5.88 Å². The van der Waals surface area contributed by atoms with Crippen LogP contribution < -0.4 is 15.2 Å². The van der Waals surface area contributed by atoms with Crippen molar-refractivity contribution in [3.05, 3.63) is 75.8 Å². The van der Waals surface area contributed by atoms with Gasteiger partial charge < -0.3 is 14.5 Å². The number of fused-ring (bicyclic) bond motifs is 1. The van der Waals surface area contributed by atoms with Gasteiger partial charge in [-0.05, 0) is 67.3 Å². The van der Waals surface area contributed by atoms with Crippen LogP contribution in [0.3, 0.4) is 0 Å². The maximum absolute atomic E-state index is 13.2. The van der Waals surface area contributed by atoms with E-state index in [4.69, 9.17) is 9.47 Å². The summed E-state index contributed by atoms with van der Waals surface area (Å²) in [5.41, 5.74) is 5.53. The molecule has 2 aromatic carbocycles. The SMILES string of the molecule is CCOc1nc([C@@H](CS(C)(=O)=O)n2c(=O)[nH]c3cc(-c4c(C)cccc4C)ccc32)ccc1OC. The summed E-state index contributed by atoms with van der Waals surface area (Å²) in [6.07, 6.45) is 1.14. The minimum atomic E-state index is -3.47. The number of imidazole rings is 1. The molecule has 184 valence electrons. The van der Waals surface area contributed by atoms with E-state index in [0.717, 1.165) is 28.5 Å². The number of nitrogens with one attached hydrogen (secondary N) is 1. The van der Waals surface area contributed by atoms with Gasteiger partial charge in [0, 0.05) is 6.26 Å². The van der Waals surface area contributed by atoms with Crippen LogP contribution in [0.15, 0.2) is 53.3 Å². The van der Waals surface area contributed by atoms with Gasteiger partial charge in [0.2, 0.25) is 0 Å². The van der Waals surface area contributed by atoms with Crippen molar-refractivity contribution in [2.45, 2.75) is 26.8 Å². The Bertz CT molecular complexity index is 1530. The van der Waals surface area contributed by atoms with Crippen molar-refractivity contribution in [3.8, 4) is 22.8 Å². The highest BCUT2D eigenvalue weighted by atomic mass is 32.2. The van der Waals surface area contributed by atoms with Gasteiger partial charge in [0.05, 0.1) is 42.2 Å². The molecule has 35 heavy (non-hydrogen) atoms. The molecule has 4 aromatic rings. The van der Waals surface area contributed by atoms with Crippen molar-refractivity contribution in [3.63, 3.8) is 0 Å². The zero-order valence-corrected chi connectivity index (χ0v) is 21.3. The summed E-state index contributed by atoms with van der Waals surface area (Å²) in [7, 11) is -1.97. The van der Waals surface area contributed by atoms with Gasteiger partial charge in [-0.1, -0.05) is 24.3 Å². The van der Waals surface area contributed by atoms with E-state index in [9.17, 15) is 13.2 Å². The Balaban J connectivity index is 1.90. The molecule has 4 rings (SSSR count). The van der Waals surface area contributed by atoms with Crippen molar-refractivity contribution in [1.82, 2.24) is 14.5 Å². The van der Waals surface area contributed by atoms with Crippen molar-refractivity contribution in [1.29, 1.82) is 0 Å². The number of sulfone groups is 1. The lowest BCUT2D eigenvalue weighted by molar-refractivity contribution is 0.296. The van der Waals surface area contributed by atoms with Gasteiger partial charge in [-0.25, -0.2) is 18.2 Å². The van der Waals surface area contributed by atoms with Crippen LogP contribution in [-0.2, 0) is 9.84 Å². The maximum Gasteiger partial charge on any atom is 0.327 e. The molecular weight excluding hydrogens is 466 g/mol. The molecule has 1 N–H and O–H groups in total. The van der Waals surface area contributed by atoms with Crippen molar-refractivity contribution in [2.24, 2.45) is 0 Å². The number of aromatic amines is 1. The fraction of sp³-hybridized carbons (Fsp3) is 0.308. The summed E-state index contributed by atoms with van der Waals surface area (Å²) in [4.78, 5) is 20.6. The molecule has 0 unspecified atom stereocenters. The Labute approximate surface area is 204 Å². The van der Waals surface area contributed by atoms with Crippen molar-refractivity contribution in [2.75, 3.05) is 25.7 Å². The third-order valence-corrected chi connectivity index (χ3v) is 6.87. The number of hydrogen-bond acceptors (Lipinski definition) is 6. The van der Waals surface area contributed by atoms with Gasteiger partial charge in [-0.15, -0.1) is 0 Å². The highest BCUT2D eigenvalue weighted by molar-refractivity contribution is 7.90. The van der Waals surface area contributed by atoms with Crippen LogP contribution >= 0.6 is 0 Å². The predicted octanol–water partition coefficient (Wildman–Crippen LogP) is 4.05. The van der Waals surface area contributed by atoms with E-state index in [1.165, 1.54) is 11.7 Å². The van der Waals surface area contributed by atoms with Gasteiger partial charge in [0.15, 0.2) is 5.75 Å². The minimum absolute atomic E-state index is 0.246. The van der Waals surface area contributed by atoms with E-state index in [-0.39, 0.29) is 11.6 Å². The summed E-state index contributed by atoms with van der Waals surface area (Å²) >= 11 is 0. The standard InChI is InChI=1S/C26H29N3O5S/c1-6-34-25-23(33-4)13-11-19(27-25)22(15-35(5,31)32)29-21-12-10-18(14-20(21)28-26(29)30)24-16(2)8-7-9-17(24)3/h7-14,22H,6,15H2,1-5H3,(H,28,30)/t22-/m1/s1. The Morgan fingerprint density at radius 2 is 1.80 bits per heavy atom. The first kappa shape index (κ1) is 24.5. The van der Waals surface area contributed by atoms with Gasteiger partial charge >= 0.3 is 5.69 Å². The topological polar surface area (TPSA) is 103 Å². The number of nitrogens with zero attached hydrogens (tertiary/aromatic N) is 2. The number of H-pyrrole nitrogens is 1. The van der Waals surface area contributed by atoms with E-state index in [1.807, 2.05) is 57.2 Å². The van der Waals surface area contributed by atoms with E-state index in [1.54, 1.807) is 12.1 Å². The molecule has 2 heterocycles. The number of aryl methyl sites for hydroxylation is 2. The quantitative estimate of drug-likeness (QED) is 0.396. The van der Waals surface area contributed by atoms with Crippen LogP contribution in [0.4, 0.5) is 0 Å². The molecule has 8 nitrogen and oxygen atoms in total. The summed E-state index contributed by atoms with van der Waals surface area (Å²) in [5, 5.41) is 0. The van der Waals surface area contributed by atoms with E-state index < -0.39 is 21.6 Å². The Kier molecular flexibility index (Phi) is 6.71. The molecule has 0 bridgehead atoms. The van der Waals surface area contributed by atoms with Crippen molar-refractivity contribution >= 4 is 20.9 Å². The zero-order valence-electron chi connectivity index (χ0n) is 20.5. The fourth-order valence-electron chi connectivity index (χ4n) is 4.47. The largest absolute Gasteiger partial charge is 0.491 e. The molecular formula is C26H29N3O5S. The van der Waals surface area contributed by atoms with Crippen LogP contribution in [-0.4, -0.2) is 48.7 Å². The smallest absolute Gasteiger partial charge is 0.327 e. The highest BCUT2D eigenvalue weighted by Crippen LogP contribution is 2.32. The van der Waals surface area contributed by atoms with Crippen LogP contribution in [0.5, 0.6) is 11.6 Å². The Morgan fingerprint density at radius 3 is 2.43 bits per heavy atom. The Morgan fingerprint density at radius 1 is 1.09 bits per heavy atom. The third kappa shape index (κ3) is 4.95. The molecule has 0 fully saturated rings. The lowest BCUT2D eigenvalue weighted by Crippen LogP contribution is -2.29. The number of hydrogen-bond donors (Lipinski definition) is 1. The third-order valence-electron chi connectivity index (χ3n) is 5.95. The Hall–Kier alpha value is -3.59. The molecule has 0 saturated heterocycles. The number of pyridine rings is 1. The molecule has 0 spiro atoms. The first-order valence-electron chi connectivity index (χ1n) is 11.3. The van der Waals surface area contributed by atoms with Crippen molar-refractivity contribution < 1.29 is 17.9 Å². The molecule has 9 heteroatoms. The van der Waals surface area contributed by atoms with Crippen LogP contribution in [0.2, 0.25) is 0 Å². The summed E-state index contributed by atoms with van der Waals surface area (Å²) in [5.74, 6) is 0.373. The molecule has 0 aliphatic heterocycles. The molecule has 0 amide bonds. The van der Waals surface area contributed by atoms with Crippen LogP contribution in [0.25, 0.3) is 22.2 Å². The molecule has 0 aliphatic rings. The second kappa shape index (κ2) is 9.58. The number of rotatable bonds is 8. The fourth-order valence-corrected chi connectivity index (χ4v) is 5.36. The van der Waals surface area contributed by atoms with Gasteiger partial charge in [0.1, 0.15) is 9.84 Å². The number of methoxy groups -OCH3 is 1. The maximum atomic E-state index is 13.2. The van der Waals surface area contributed by atoms with E-state index in [0.29, 0.717) is 29.1 Å². The number of ether oxygens (including phenoxy) is 2. The zero-order chi connectivity index (χ0) is 25.3. The first-order valence-corrected chi connectivity index (χ1v) is 13.3. The normalized spacial score (nSPS) is 12.6. The average Bonchev–Trinajstić information content (AvgIpc) is 3.12. The molecule has 0 radical (unpaired) electrons. The van der Waals surface area contributed by atoms with Crippen LogP contribution in [0, 0.1) is 13.8 Å². The average molecular weight is 496 g/mol. The minimum Gasteiger partial charge on any atom is -0.491 e. The lowest BCUT2D eigenvalue weighted by Gasteiger charge is -2.19. The highest BCUT2D eigenvalue weighted by Gasteiger charge is 2.26. The predicted molar refractivity (Wildman–Crippen MR) is 137 cm³/mol. The molecule has 0 saturated carbocycles. The molecule has 0 aliphatic carbocycles. The van der Waals surface area contributed by atoms with Gasteiger partial charge in [-0.3, -0.25) is 4.57 Å². The number of aromatic nitrogens is 3. The molecule has 1 atom stereocenters. The second-order valence-electron chi connectivity index (χ2n) is 8.58. The monoisotopic (exact) mass is 495 g/mol. The summed E-state index contributed by atoms with van der Waals surface area (Å²) < 4.78 is 37.1. The van der Waals surface area contributed by atoms with Gasteiger partial charge in [-0.2, -0.15) is 0 Å². The second-order valence-corrected chi connectivity index (χ2v) is 10.8. The lowest BCUT2D eigenvalue weighted by atomic mass is 9.95. The molecule has 2 aromatic heterocycles.